The van der Waals surface area contributed by atoms with Crippen LogP contribution in [-0.2, 0) is 19.1 Å². The quantitative estimate of drug-likeness (QED) is 0.584. The number of ether oxygens (including phenoxy) is 2. The Morgan fingerprint density at radius 3 is 2.50 bits per heavy atom. The minimum Gasteiger partial charge on any atom is -0.468 e. The van der Waals surface area contributed by atoms with Gasteiger partial charge in [-0.3, -0.25) is 14.9 Å². The number of esters is 1. The molecule has 7 nitrogen and oxygen atoms in total. The molecule has 0 aromatic heterocycles. The van der Waals surface area contributed by atoms with Crippen LogP contribution in [0.5, 0.6) is 0 Å². The standard InChI is InChI=1S/C17H20N2O5/c1-3-14(16(21)18-12-15(20)23-2)19-17(22)24-11-7-10-13-8-5-4-6-9-13/h3-10H,11-12H2,1-2H3,(H,18,21)(H,19,22)/b10-7+,14-3-. The maximum atomic E-state index is 11.8. The van der Waals surface area contributed by atoms with Crippen molar-refractivity contribution in [1.82, 2.24) is 10.6 Å². The molecule has 7 heteroatoms. The van der Waals surface area contributed by atoms with Gasteiger partial charge in [0.2, 0.25) is 0 Å². The molecule has 0 saturated heterocycles. The van der Waals surface area contributed by atoms with E-state index in [4.69, 9.17) is 4.74 Å². The monoisotopic (exact) mass is 332 g/mol. The molecule has 0 heterocycles. The number of amides is 2. The summed E-state index contributed by atoms with van der Waals surface area (Å²) >= 11 is 0. The van der Waals surface area contributed by atoms with Crippen molar-refractivity contribution in [3.63, 3.8) is 0 Å². The van der Waals surface area contributed by atoms with Crippen molar-refractivity contribution in [2.75, 3.05) is 20.3 Å². The Morgan fingerprint density at radius 2 is 1.88 bits per heavy atom. The minimum atomic E-state index is -0.769. The predicted octanol–water partition coefficient (Wildman–Crippen LogP) is 1.62. The van der Waals surface area contributed by atoms with Gasteiger partial charge in [0.25, 0.3) is 5.91 Å². The lowest BCUT2D eigenvalue weighted by atomic mass is 10.2. The first-order chi connectivity index (χ1) is 11.6. The summed E-state index contributed by atoms with van der Waals surface area (Å²) in [5, 5.41) is 4.62. The maximum absolute atomic E-state index is 11.8. The first-order valence-corrected chi connectivity index (χ1v) is 7.23. The minimum absolute atomic E-state index is 0.0176. The van der Waals surface area contributed by atoms with E-state index in [0.29, 0.717) is 0 Å². The second-order valence-corrected chi connectivity index (χ2v) is 4.50. The summed E-state index contributed by atoms with van der Waals surface area (Å²) in [6.45, 7) is 1.34. The van der Waals surface area contributed by atoms with Crippen molar-refractivity contribution < 1.29 is 23.9 Å². The van der Waals surface area contributed by atoms with E-state index in [1.54, 1.807) is 13.0 Å². The molecule has 0 aliphatic carbocycles. The number of carbonyl (C=O) groups excluding carboxylic acids is 3. The summed E-state index contributed by atoms with van der Waals surface area (Å²) < 4.78 is 9.35. The summed E-state index contributed by atoms with van der Waals surface area (Å²) in [5.41, 5.74) is 0.966. The molecule has 0 aliphatic rings. The molecule has 1 aromatic carbocycles. The Hall–Kier alpha value is -3.09. The SMILES string of the molecule is C/C=C(\NC(=O)OC/C=C/c1ccccc1)C(=O)NCC(=O)OC. The molecule has 2 N–H and O–H groups in total. The second kappa shape index (κ2) is 10.6. The van der Waals surface area contributed by atoms with Crippen molar-refractivity contribution in [2.45, 2.75) is 6.92 Å². The van der Waals surface area contributed by atoms with E-state index in [-0.39, 0.29) is 18.8 Å². The van der Waals surface area contributed by atoms with Crippen LogP contribution in [0.15, 0.2) is 48.2 Å². The summed E-state index contributed by atoms with van der Waals surface area (Å²) in [6, 6.07) is 9.54. The van der Waals surface area contributed by atoms with E-state index in [0.717, 1.165) is 5.56 Å². The molecular formula is C17H20N2O5. The van der Waals surface area contributed by atoms with Crippen LogP contribution in [0.1, 0.15) is 12.5 Å². The lowest BCUT2D eigenvalue weighted by Gasteiger charge is -2.09. The smallest absolute Gasteiger partial charge is 0.412 e. The van der Waals surface area contributed by atoms with Crippen LogP contribution in [0.25, 0.3) is 6.08 Å². The molecule has 1 aromatic rings. The van der Waals surface area contributed by atoms with Gasteiger partial charge < -0.3 is 14.8 Å². The number of hydrogen-bond donors (Lipinski definition) is 2. The average molecular weight is 332 g/mol. The molecule has 1 rings (SSSR count). The molecule has 128 valence electrons. The Morgan fingerprint density at radius 1 is 1.17 bits per heavy atom. The lowest BCUT2D eigenvalue weighted by molar-refractivity contribution is -0.140. The molecule has 0 saturated carbocycles. The summed E-state index contributed by atoms with van der Waals surface area (Å²) in [7, 11) is 1.21. The first kappa shape index (κ1) is 19.0. The number of allylic oxidation sites excluding steroid dienone is 1. The molecule has 2 amide bonds. The zero-order valence-electron chi connectivity index (χ0n) is 13.6. The van der Waals surface area contributed by atoms with Gasteiger partial charge in [-0.2, -0.15) is 0 Å². The van der Waals surface area contributed by atoms with Gasteiger partial charge in [-0.05, 0) is 18.6 Å². The molecule has 24 heavy (non-hydrogen) atoms. The molecule has 0 radical (unpaired) electrons. The van der Waals surface area contributed by atoms with E-state index in [2.05, 4.69) is 15.4 Å². The molecule has 0 spiro atoms. The van der Waals surface area contributed by atoms with Crippen LogP contribution in [-0.4, -0.2) is 38.2 Å². The first-order valence-electron chi connectivity index (χ1n) is 7.23. The highest BCUT2D eigenvalue weighted by atomic mass is 16.5. The largest absolute Gasteiger partial charge is 0.468 e. The van der Waals surface area contributed by atoms with Crippen LogP contribution in [0.3, 0.4) is 0 Å². The highest BCUT2D eigenvalue weighted by Gasteiger charge is 2.13. The highest BCUT2D eigenvalue weighted by molar-refractivity contribution is 5.97. The summed E-state index contributed by atoms with van der Waals surface area (Å²) in [6.07, 6.45) is 4.12. The van der Waals surface area contributed by atoms with E-state index in [1.807, 2.05) is 36.4 Å². The fraction of sp³-hybridized carbons (Fsp3) is 0.235. The van der Waals surface area contributed by atoms with Crippen LogP contribution in [0.2, 0.25) is 0 Å². The summed E-state index contributed by atoms with van der Waals surface area (Å²) in [4.78, 5) is 34.4. The number of alkyl carbamates (subject to hydrolysis) is 1. The zero-order valence-corrected chi connectivity index (χ0v) is 13.6. The fourth-order valence-corrected chi connectivity index (χ4v) is 1.60. The van der Waals surface area contributed by atoms with Crippen LogP contribution >= 0.6 is 0 Å². The molecule has 0 atom stereocenters. The number of methoxy groups -OCH3 is 1. The van der Waals surface area contributed by atoms with Crippen molar-refractivity contribution in [1.29, 1.82) is 0 Å². The van der Waals surface area contributed by atoms with Gasteiger partial charge in [-0.15, -0.1) is 0 Å². The number of hydrogen-bond acceptors (Lipinski definition) is 5. The van der Waals surface area contributed by atoms with E-state index >= 15 is 0 Å². The molecule has 0 fully saturated rings. The lowest BCUT2D eigenvalue weighted by Crippen LogP contribution is -2.37. The fourth-order valence-electron chi connectivity index (χ4n) is 1.60. The Kier molecular flexibility index (Phi) is 8.38. The molecular weight excluding hydrogens is 312 g/mol. The van der Waals surface area contributed by atoms with Crippen LogP contribution in [0, 0.1) is 0 Å². The third kappa shape index (κ3) is 7.26. The van der Waals surface area contributed by atoms with Crippen molar-refractivity contribution >= 4 is 24.0 Å². The molecule has 0 bridgehead atoms. The zero-order chi connectivity index (χ0) is 17.8. The summed E-state index contributed by atoms with van der Waals surface area (Å²) in [5.74, 6) is -1.20. The Balaban J connectivity index is 2.37. The van der Waals surface area contributed by atoms with Crippen molar-refractivity contribution in [3.05, 3.63) is 53.7 Å². The third-order valence-corrected chi connectivity index (χ3v) is 2.81. The normalized spacial score (nSPS) is 11.0. The number of rotatable bonds is 7. The molecule has 0 unspecified atom stereocenters. The number of carbonyl (C=O) groups is 3. The van der Waals surface area contributed by atoms with Gasteiger partial charge in [0, 0.05) is 0 Å². The predicted molar refractivity (Wildman–Crippen MR) is 88.7 cm³/mol. The topological polar surface area (TPSA) is 93.7 Å². The van der Waals surface area contributed by atoms with Gasteiger partial charge in [-0.1, -0.05) is 42.5 Å². The van der Waals surface area contributed by atoms with Gasteiger partial charge in [-0.25, -0.2) is 4.79 Å². The Bertz CT molecular complexity index is 623. The average Bonchev–Trinajstić information content (AvgIpc) is 2.61. The number of benzene rings is 1. The maximum Gasteiger partial charge on any atom is 0.412 e. The van der Waals surface area contributed by atoms with E-state index < -0.39 is 18.0 Å². The third-order valence-electron chi connectivity index (χ3n) is 2.81. The van der Waals surface area contributed by atoms with Gasteiger partial charge in [0.1, 0.15) is 18.8 Å². The van der Waals surface area contributed by atoms with Crippen molar-refractivity contribution in [2.24, 2.45) is 0 Å². The van der Waals surface area contributed by atoms with Crippen molar-refractivity contribution in [3.8, 4) is 0 Å². The number of nitrogens with one attached hydrogen (secondary N) is 2. The second-order valence-electron chi connectivity index (χ2n) is 4.50. The van der Waals surface area contributed by atoms with E-state index in [9.17, 15) is 14.4 Å². The Labute approximate surface area is 140 Å². The van der Waals surface area contributed by atoms with Crippen LogP contribution < -0.4 is 10.6 Å². The van der Waals surface area contributed by atoms with Gasteiger partial charge >= 0.3 is 12.1 Å². The van der Waals surface area contributed by atoms with E-state index in [1.165, 1.54) is 13.2 Å². The van der Waals surface area contributed by atoms with Crippen LogP contribution in [0.4, 0.5) is 4.79 Å². The van der Waals surface area contributed by atoms with Gasteiger partial charge in [0.05, 0.1) is 7.11 Å². The molecule has 0 aliphatic heterocycles. The van der Waals surface area contributed by atoms with Gasteiger partial charge in [0.15, 0.2) is 0 Å². The highest BCUT2D eigenvalue weighted by Crippen LogP contribution is 2.00.